The van der Waals surface area contributed by atoms with Crippen LogP contribution in [0.25, 0.3) is 38.8 Å². The van der Waals surface area contributed by atoms with Crippen molar-refractivity contribution >= 4 is 27.7 Å². The Balaban J connectivity index is 1.36. The van der Waals surface area contributed by atoms with E-state index in [2.05, 4.69) is 167 Å². The van der Waals surface area contributed by atoms with E-state index in [1.807, 2.05) is 6.20 Å². The fourth-order valence-corrected chi connectivity index (χ4v) is 8.62. The minimum absolute atomic E-state index is 0.00517. The first-order chi connectivity index (χ1) is 25.9. The summed E-state index contributed by atoms with van der Waals surface area (Å²) in [6.07, 6.45) is 1.91. The Labute approximate surface area is 327 Å². The van der Waals surface area contributed by atoms with E-state index in [4.69, 9.17) is 19.5 Å². The van der Waals surface area contributed by atoms with Gasteiger partial charge in [-0.25, -0.2) is 9.98 Å². The quantitative estimate of drug-likeness (QED) is 0.164. The molecule has 6 aromatic rings. The minimum Gasteiger partial charge on any atom is -0.475 e. The summed E-state index contributed by atoms with van der Waals surface area (Å²) >= 11 is 0. The van der Waals surface area contributed by atoms with Gasteiger partial charge in [-0.05, 0) is 112 Å². The Kier molecular flexibility index (Phi) is 8.64. The van der Waals surface area contributed by atoms with Gasteiger partial charge in [0.05, 0.1) is 16.6 Å². The molecule has 0 radical (unpaired) electrons. The van der Waals surface area contributed by atoms with E-state index >= 15 is 0 Å². The number of ether oxygens (including phenoxy) is 2. The lowest BCUT2D eigenvalue weighted by Gasteiger charge is -2.35. The number of aryl methyl sites for hydroxylation is 1. The van der Waals surface area contributed by atoms with Crippen molar-refractivity contribution in [2.75, 3.05) is 6.61 Å². The summed E-state index contributed by atoms with van der Waals surface area (Å²) < 4.78 is 15.9. The normalized spacial score (nSPS) is 17.7. The van der Waals surface area contributed by atoms with Crippen molar-refractivity contribution in [2.45, 2.75) is 118 Å². The molecule has 0 saturated heterocycles. The summed E-state index contributed by atoms with van der Waals surface area (Å²) in [5.41, 5.74) is 12.8. The van der Waals surface area contributed by atoms with Gasteiger partial charge < -0.3 is 9.47 Å². The molecule has 2 aliphatic rings. The molecule has 284 valence electrons. The van der Waals surface area contributed by atoms with Crippen LogP contribution in [0.2, 0.25) is 0 Å². The zero-order chi connectivity index (χ0) is 39.4. The Morgan fingerprint density at radius 2 is 1.47 bits per heavy atom. The van der Waals surface area contributed by atoms with Crippen molar-refractivity contribution in [3.8, 4) is 28.4 Å². The zero-order valence-corrected chi connectivity index (χ0v) is 35.1. The standard InChI is InChI=1S/C50H57N3O2/c1-28(2)36-16-14-17-37(29(3)4)44(36)32-21-33(47-52-50(13,27-54-47)30(5)6)23-35(22-32)55-43-26-42-38(20-31(43)7)39-24-34(48(8,9)10)25-41-45(39)53(42)46-40(49(41,11)12)18-15-19-51-46/h14-26,28-30H,27H2,1-13H3/t50-/m0/s1. The summed E-state index contributed by atoms with van der Waals surface area (Å²) in [7, 11) is 0. The first-order valence-corrected chi connectivity index (χ1v) is 20.2. The Morgan fingerprint density at radius 1 is 0.782 bits per heavy atom. The molecule has 0 saturated carbocycles. The molecule has 5 nitrogen and oxygen atoms in total. The number of hydrogen-bond donors (Lipinski definition) is 0. The van der Waals surface area contributed by atoms with Crippen molar-refractivity contribution in [3.63, 3.8) is 0 Å². The van der Waals surface area contributed by atoms with Crippen molar-refractivity contribution in [1.82, 2.24) is 9.55 Å². The van der Waals surface area contributed by atoms with Crippen LogP contribution in [0.4, 0.5) is 0 Å². The van der Waals surface area contributed by atoms with Crippen LogP contribution in [0.5, 0.6) is 11.5 Å². The summed E-state index contributed by atoms with van der Waals surface area (Å²) in [6.45, 7) is 30.0. The maximum Gasteiger partial charge on any atom is 0.216 e. The van der Waals surface area contributed by atoms with Gasteiger partial charge in [-0.15, -0.1) is 0 Å². The Morgan fingerprint density at radius 3 is 2.11 bits per heavy atom. The highest BCUT2D eigenvalue weighted by molar-refractivity contribution is 6.12. The molecule has 2 aliphatic heterocycles. The van der Waals surface area contributed by atoms with E-state index in [1.165, 1.54) is 49.7 Å². The van der Waals surface area contributed by atoms with Crippen LogP contribution in [0.3, 0.4) is 0 Å². The van der Waals surface area contributed by atoms with E-state index < -0.39 is 0 Å². The predicted octanol–water partition coefficient (Wildman–Crippen LogP) is 13.3. The molecule has 2 aromatic heterocycles. The van der Waals surface area contributed by atoms with E-state index in [0.29, 0.717) is 30.3 Å². The van der Waals surface area contributed by atoms with Crippen LogP contribution in [-0.4, -0.2) is 27.6 Å². The minimum atomic E-state index is -0.282. The second-order valence-electron chi connectivity index (χ2n) is 18.8. The fourth-order valence-electron chi connectivity index (χ4n) is 8.62. The van der Waals surface area contributed by atoms with Crippen LogP contribution in [0.15, 0.2) is 84.0 Å². The Bertz CT molecular complexity index is 2520. The van der Waals surface area contributed by atoms with Crippen molar-refractivity contribution in [2.24, 2.45) is 10.9 Å². The molecule has 0 bridgehead atoms. The van der Waals surface area contributed by atoms with Crippen LogP contribution in [-0.2, 0) is 15.6 Å². The summed E-state index contributed by atoms with van der Waals surface area (Å²) in [6, 6.07) is 27.0. The van der Waals surface area contributed by atoms with Crippen LogP contribution >= 0.6 is 0 Å². The number of benzene rings is 4. The molecule has 1 atom stereocenters. The maximum absolute atomic E-state index is 7.09. The largest absolute Gasteiger partial charge is 0.475 e. The van der Waals surface area contributed by atoms with Crippen molar-refractivity contribution < 1.29 is 9.47 Å². The van der Waals surface area contributed by atoms with Gasteiger partial charge in [0, 0.05) is 39.6 Å². The monoisotopic (exact) mass is 731 g/mol. The fraction of sp³-hybridized carbons (Fsp3) is 0.400. The number of aliphatic imine (C=N–C) groups is 1. The van der Waals surface area contributed by atoms with Crippen LogP contribution in [0.1, 0.15) is 134 Å². The first-order valence-electron chi connectivity index (χ1n) is 20.2. The maximum atomic E-state index is 7.09. The van der Waals surface area contributed by atoms with Crippen LogP contribution < -0.4 is 4.74 Å². The van der Waals surface area contributed by atoms with Gasteiger partial charge >= 0.3 is 0 Å². The van der Waals surface area contributed by atoms with Crippen molar-refractivity contribution in [1.29, 1.82) is 0 Å². The number of pyridine rings is 1. The SMILES string of the molecule is Cc1cc2c3cc(C(C)(C)C)cc4c3n(c2cc1Oc1cc(C2=N[C@](C)(C(C)C)CO2)cc(-c2c(C(C)C)cccc2C(C)C)c1)-c1ncccc1C4(C)C. The third kappa shape index (κ3) is 5.97. The molecular formula is C50H57N3O2. The molecule has 0 fully saturated rings. The van der Waals surface area contributed by atoms with Crippen LogP contribution in [0, 0.1) is 12.8 Å². The number of nitrogens with zero attached hydrogens (tertiary/aromatic N) is 3. The zero-order valence-electron chi connectivity index (χ0n) is 35.1. The topological polar surface area (TPSA) is 48.6 Å². The molecule has 0 amide bonds. The van der Waals surface area contributed by atoms with E-state index in [1.54, 1.807) is 0 Å². The van der Waals surface area contributed by atoms with E-state index in [9.17, 15) is 0 Å². The number of aromatic nitrogens is 2. The third-order valence-electron chi connectivity index (χ3n) is 12.5. The third-order valence-corrected chi connectivity index (χ3v) is 12.5. The molecular weight excluding hydrogens is 675 g/mol. The van der Waals surface area contributed by atoms with Crippen molar-refractivity contribution in [3.05, 3.63) is 118 Å². The molecule has 0 spiro atoms. The Hall–Kier alpha value is -4.90. The van der Waals surface area contributed by atoms with Gasteiger partial charge in [-0.1, -0.05) is 106 Å². The summed E-state index contributed by atoms with van der Waals surface area (Å²) in [4.78, 5) is 10.2. The molecule has 4 heterocycles. The summed E-state index contributed by atoms with van der Waals surface area (Å²) in [5.74, 6) is 4.28. The van der Waals surface area contributed by atoms with Gasteiger partial charge in [0.15, 0.2) is 0 Å². The predicted molar refractivity (Wildman–Crippen MR) is 230 cm³/mol. The molecule has 55 heavy (non-hydrogen) atoms. The lowest BCUT2D eigenvalue weighted by Crippen LogP contribution is -2.30. The average Bonchev–Trinajstić information content (AvgIpc) is 3.69. The molecule has 0 aliphatic carbocycles. The second kappa shape index (κ2) is 12.8. The van der Waals surface area contributed by atoms with Gasteiger partial charge in [0.2, 0.25) is 5.90 Å². The summed E-state index contributed by atoms with van der Waals surface area (Å²) in [5, 5.41) is 2.47. The van der Waals surface area contributed by atoms with Gasteiger partial charge in [0.25, 0.3) is 0 Å². The second-order valence-corrected chi connectivity index (χ2v) is 18.8. The lowest BCUT2D eigenvalue weighted by molar-refractivity contribution is 0.224. The molecule has 0 N–H and O–H groups in total. The number of fused-ring (bicyclic) bond motifs is 5. The van der Waals surface area contributed by atoms with E-state index in [0.717, 1.165) is 39.5 Å². The number of rotatable bonds is 7. The van der Waals surface area contributed by atoms with Gasteiger partial charge in [0.1, 0.15) is 23.9 Å². The lowest BCUT2D eigenvalue weighted by atomic mass is 9.73. The number of hydrogen-bond acceptors (Lipinski definition) is 4. The highest BCUT2D eigenvalue weighted by Gasteiger charge is 2.38. The molecule has 8 rings (SSSR count). The highest BCUT2D eigenvalue weighted by Crippen LogP contribution is 2.49. The highest BCUT2D eigenvalue weighted by atomic mass is 16.5. The molecule has 5 heteroatoms. The van der Waals surface area contributed by atoms with Gasteiger partial charge in [-0.3, -0.25) is 4.57 Å². The molecule has 4 aromatic carbocycles. The smallest absolute Gasteiger partial charge is 0.216 e. The average molecular weight is 732 g/mol. The molecule has 0 unspecified atom stereocenters. The van der Waals surface area contributed by atoms with E-state index in [-0.39, 0.29) is 16.4 Å². The first kappa shape index (κ1) is 37.0. The van der Waals surface area contributed by atoms with Gasteiger partial charge in [-0.2, -0.15) is 0 Å².